The van der Waals surface area contributed by atoms with Gasteiger partial charge in [-0.25, -0.2) is 0 Å². The molecule has 2 heterocycles. The summed E-state index contributed by atoms with van der Waals surface area (Å²) in [5.74, 6) is -2.22. The maximum absolute atomic E-state index is 10.00. The minimum atomic E-state index is -2.22. The van der Waals surface area contributed by atoms with Crippen molar-refractivity contribution >= 4 is 0 Å². The third kappa shape index (κ3) is 3.23. The van der Waals surface area contributed by atoms with Crippen LogP contribution in [-0.2, 0) is 14.2 Å². The van der Waals surface area contributed by atoms with Crippen molar-refractivity contribution in [3.8, 4) is 0 Å². The lowest BCUT2D eigenvalue weighted by molar-refractivity contribution is -0.383. The highest BCUT2D eigenvalue weighted by Crippen LogP contribution is 2.35. The van der Waals surface area contributed by atoms with Gasteiger partial charge in [-0.3, -0.25) is 0 Å². The van der Waals surface area contributed by atoms with E-state index in [1.807, 2.05) is 0 Å². The maximum atomic E-state index is 10.00. The number of aliphatic hydroxyl groups excluding tert-OH is 8. The Morgan fingerprint density at radius 1 is 0.783 bits per heavy atom. The fourth-order valence-electron chi connectivity index (χ4n) is 2.63. The van der Waals surface area contributed by atoms with Gasteiger partial charge < -0.3 is 55.1 Å². The van der Waals surface area contributed by atoms with Gasteiger partial charge in [0.2, 0.25) is 5.79 Å². The highest BCUT2D eigenvalue weighted by atomic mass is 16.8. The first-order valence-electron chi connectivity index (χ1n) is 7.05. The molecule has 2 saturated heterocycles. The second kappa shape index (κ2) is 7.21. The quantitative estimate of drug-likeness (QED) is 0.238. The summed E-state index contributed by atoms with van der Waals surface area (Å²) in [6.07, 6.45) is -12.7. The second-order valence-electron chi connectivity index (χ2n) is 5.56. The Morgan fingerprint density at radius 2 is 1.39 bits per heavy atom. The van der Waals surface area contributed by atoms with E-state index in [0.717, 1.165) is 0 Å². The zero-order chi connectivity index (χ0) is 17.4. The lowest BCUT2D eigenvalue weighted by Crippen LogP contribution is -2.62. The molecule has 1 unspecified atom stereocenters. The molecule has 0 aromatic rings. The van der Waals surface area contributed by atoms with Crippen LogP contribution in [0.3, 0.4) is 0 Å². The zero-order valence-electron chi connectivity index (χ0n) is 12.0. The SMILES string of the molecule is OC[C@H]1OC(CO)(O[C@H]2O[C@H](CO)[C@@H](O)[C@H](O)[C@@H]2O)[C@@H](O)[C@@H]1O. The van der Waals surface area contributed by atoms with Crippen LogP contribution in [0.25, 0.3) is 0 Å². The summed E-state index contributed by atoms with van der Waals surface area (Å²) in [6, 6.07) is 0. The average molecular weight is 342 g/mol. The molecule has 8 N–H and O–H groups in total. The lowest BCUT2D eigenvalue weighted by Gasteiger charge is -2.43. The summed E-state index contributed by atoms with van der Waals surface area (Å²) in [5, 5.41) is 76.7. The molecular weight excluding hydrogens is 320 g/mol. The molecule has 2 aliphatic heterocycles. The average Bonchev–Trinajstić information content (AvgIpc) is 2.80. The Bertz CT molecular complexity index is 393. The molecule has 0 aromatic carbocycles. The van der Waals surface area contributed by atoms with Gasteiger partial charge in [0.1, 0.15) is 49.3 Å². The van der Waals surface area contributed by atoms with E-state index in [2.05, 4.69) is 0 Å². The van der Waals surface area contributed by atoms with E-state index in [1.54, 1.807) is 0 Å². The van der Waals surface area contributed by atoms with Crippen LogP contribution in [-0.4, -0.2) is 115 Å². The molecule has 0 saturated carbocycles. The standard InChI is InChI=1S/C12H22O11/c13-1-4-6(16)8(18)9(19)11(21-4)23-12(3-15)10(20)7(17)5(2-14)22-12/h4-11,13-20H,1-3H2/t4-,5-,6-,7-,8+,9+,10+,11-,12?/m1/s1. The Kier molecular flexibility index (Phi) is 5.92. The summed E-state index contributed by atoms with van der Waals surface area (Å²) in [4.78, 5) is 0. The van der Waals surface area contributed by atoms with Crippen LogP contribution in [0, 0.1) is 0 Å². The van der Waals surface area contributed by atoms with Gasteiger partial charge in [0.15, 0.2) is 6.29 Å². The summed E-state index contributed by atoms with van der Waals surface area (Å²) in [7, 11) is 0. The molecule has 0 radical (unpaired) electrons. The summed E-state index contributed by atoms with van der Waals surface area (Å²) < 4.78 is 15.4. The third-order valence-electron chi connectivity index (χ3n) is 4.07. The van der Waals surface area contributed by atoms with Crippen molar-refractivity contribution in [2.75, 3.05) is 19.8 Å². The molecule has 0 aromatic heterocycles. The lowest BCUT2D eigenvalue weighted by atomic mass is 9.99. The molecule has 136 valence electrons. The Balaban J connectivity index is 2.18. The normalized spacial score (nSPS) is 51.1. The van der Waals surface area contributed by atoms with Crippen molar-refractivity contribution in [3.05, 3.63) is 0 Å². The minimum Gasteiger partial charge on any atom is -0.394 e. The fourth-order valence-corrected chi connectivity index (χ4v) is 2.63. The summed E-state index contributed by atoms with van der Waals surface area (Å²) in [6.45, 7) is -2.32. The van der Waals surface area contributed by atoms with Crippen molar-refractivity contribution in [3.63, 3.8) is 0 Å². The van der Waals surface area contributed by atoms with Gasteiger partial charge in [0.25, 0.3) is 0 Å². The fraction of sp³-hybridized carbons (Fsp3) is 1.00. The highest BCUT2D eigenvalue weighted by molar-refractivity contribution is 4.98. The Labute approximate surface area is 130 Å². The van der Waals surface area contributed by atoms with Crippen molar-refractivity contribution in [2.45, 2.75) is 54.8 Å². The number of aliphatic hydroxyl groups is 8. The van der Waals surface area contributed by atoms with Crippen LogP contribution in [0.1, 0.15) is 0 Å². The van der Waals surface area contributed by atoms with Crippen LogP contribution >= 0.6 is 0 Å². The van der Waals surface area contributed by atoms with Gasteiger partial charge >= 0.3 is 0 Å². The molecule has 0 spiro atoms. The molecule has 0 aliphatic carbocycles. The van der Waals surface area contributed by atoms with Crippen molar-refractivity contribution in [1.29, 1.82) is 0 Å². The van der Waals surface area contributed by atoms with Crippen LogP contribution < -0.4 is 0 Å². The van der Waals surface area contributed by atoms with Crippen LogP contribution in [0.2, 0.25) is 0 Å². The topological polar surface area (TPSA) is 190 Å². The van der Waals surface area contributed by atoms with Crippen LogP contribution in [0.4, 0.5) is 0 Å². The Hall–Kier alpha value is -0.440. The maximum Gasteiger partial charge on any atom is 0.224 e. The van der Waals surface area contributed by atoms with Gasteiger partial charge in [-0.15, -0.1) is 0 Å². The van der Waals surface area contributed by atoms with Crippen molar-refractivity contribution in [1.82, 2.24) is 0 Å². The first-order valence-corrected chi connectivity index (χ1v) is 7.05. The molecule has 11 heteroatoms. The first-order chi connectivity index (χ1) is 10.8. The first kappa shape index (κ1) is 18.9. The predicted octanol–water partition coefficient (Wildman–Crippen LogP) is -5.40. The molecule has 2 rings (SSSR count). The summed E-state index contributed by atoms with van der Waals surface area (Å²) >= 11 is 0. The number of rotatable bonds is 5. The molecule has 9 atom stereocenters. The summed E-state index contributed by atoms with van der Waals surface area (Å²) in [5.41, 5.74) is 0. The minimum absolute atomic E-state index is 0.669. The van der Waals surface area contributed by atoms with E-state index in [1.165, 1.54) is 0 Å². The molecule has 0 bridgehead atoms. The van der Waals surface area contributed by atoms with Crippen LogP contribution in [0.15, 0.2) is 0 Å². The van der Waals surface area contributed by atoms with Crippen molar-refractivity contribution in [2.24, 2.45) is 0 Å². The van der Waals surface area contributed by atoms with Gasteiger partial charge in [-0.05, 0) is 0 Å². The van der Waals surface area contributed by atoms with Gasteiger partial charge in [-0.1, -0.05) is 0 Å². The molecule has 11 nitrogen and oxygen atoms in total. The Morgan fingerprint density at radius 3 is 1.87 bits per heavy atom. The molecule has 2 aliphatic rings. The van der Waals surface area contributed by atoms with E-state index in [4.69, 9.17) is 24.4 Å². The van der Waals surface area contributed by atoms with Crippen LogP contribution in [0.5, 0.6) is 0 Å². The van der Waals surface area contributed by atoms with Gasteiger partial charge in [-0.2, -0.15) is 0 Å². The smallest absolute Gasteiger partial charge is 0.224 e. The predicted molar refractivity (Wildman–Crippen MR) is 68.6 cm³/mol. The van der Waals surface area contributed by atoms with E-state index in [9.17, 15) is 30.6 Å². The third-order valence-corrected chi connectivity index (χ3v) is 4.07. The molecule has 0 amide bonds. The number of hydrogen-bond acceptors (Lipinski definition) is 11. The van der Waals surface area contributed by atoms with E-state index in [0.29, 0.717) is 0 Å². The van der Waals surface area contributed by atoms with Gasteiger partial charge in [0, 0.05) is 0 Å². The van der Waals surface area contributed by atoms with E-state index < -0.39 is 74.6 Å². The monoisotopic (exact) mass is 342 g/mol. The zero-order valence-corrected chi connectivity index (χ0v) is 12.0. The van der Waals surface area contributed by atoms with E-state index >= 15 is 0 Å². The number of ether oxygens (including phenoxy) is 3. The highest BCUT2D eigenvalue weighted by Gasteiger charge is 2.58. The molecular formula is C12H22O11. The molecule has 23 heavy (non-hydrogen) atoms. The van der Waals surface area contributed by atoms with E-state index in [-0.39, 0.29) is 0 Å². The van der Waals surface area contributed by atoms with Crippen molar-refractivity contribution < 1.29 is 55.1 Å². The largest absolute Gasteiger partial charge is 0.394 e. The van der Waals surface area contributed by atoms with Gasteiger partial charge in [0.05, 0.1) is 13.2 Å². The molecule has 2 fully saturated rings. The second-order valence-corrected chi connectivity index (χ2v) is 5.56. The number of hydrogen-bond donors (Lipinski definition) is 8.